The van der Waals surface area contributed by atoms with Gasteiger partial charge in [0, 0.05) is 25.3 Å². The average Bonchev–Trinajstić information content (AvgIpc) is 2.77. The van der Waals surface area contributed by atoms with Crippen molar-refractivity contribution < 1.29 is 4.79 Å². The molecule has 0 atom stereocenters. The molecule has 2 aliphatic rings. The highest BCUT2D eigenvalue weighted by Crippen LogP contribution is 2.26. The van der Waals surface area contributed by atoms with Crippen LogP contribution in [0.3, 0.4) is 0 Å². The van der Waals surface area contributed by atoms with Crippen LogP contribution in [0.5, 0.6) is 0 Å². The van der Waals surface area contributed by atoms with Crippen LogP contribution in [-0.2, 0) is 11.2 Å². The lowest BCUT2D eigenvalue weighted by Crippen LogP contribution is -2.42. The second-order valence-corrected chi connectivity index (χ2v) is 5.95. The number of rotatable bonds is 2. The summed E-state index contributed by atoms with van der Waals surface area (Å²) in [5.74, 6) is 0.309. The molecule has 0 bridgehead atoms. The number of hydrogen-bond acceptors (Lipinski definition) is 2. The Kier molecular flexibility index (Phi) is 4.24. The third-order valence-corrected chi connectivity index (χ3v) is 4.49. The first kappa shape index (κ1) is 13.5. The maximum Gasteiger partial charge on any atom is 0.242 e. The van der Waals surface area contributed by atoms with Gasteiger partial charge in [0.25, 0.3) is 0 Å². The molecule has 1 aromatic rings. The summed E-state index contributed by atoms with van der Waals surface area (Å²) in [6.07, 6.45) is 7.19. The smallest absolute Gasteiger partial charge is 0.242 e. The van der Waals surface area contributed by atoms with Gasteiger partial charge in [0.05, 0.1) is 6.54 Å². The van der Waals surface area contributed by atoms with Crippen molar-refractivity contribution in [3.8, 4) is 0 Å². The van der Waals surface area contributed by atoms with Crippen molar-refractivity contribution in [2.75, 3.05) is 31.1 Å². The van der Waals surface area contributed by atoms with Gasteiger partial charge in [-0.3, -0.25) is 4.79 Å². The van der Waals surface area contributed by atoms with Crippen LogP contribution >= 0.6 is 0 Å². The van der Waals surface area contributed by atoms with Gasteiger partial charge in [0.1, 0.15) is 0 Å². The van der Waals surface area contributed by atoms with E-state index in [4.69, 9.17) is 0 Å². The van der Waals surface area contributed by atoms with Crippen LogP contribution in [0.2, 0.25) is 0 Å². The maximum absolute atomic E-state index is 12.5. The molecule has 3 nitrogen and oxygen atoms in total. The van der Waals surface area contributed by atoms with Crippen LogP contribution < -0.4 is 4.90 Å². The Hall–Kier alpha value is -1.51. The molecule has 0 spiro atoms. The lowest BCUT2D eigenvalue weighted by atomic mass is 10.0. The number of likely N-dealkylation sites (tertiary alicyclic amines) is 1. The van der Waals surface area contributed by atoms with Gasteiger partial charge < -0.3 is 9.80 Å². The molecule has 1 amide bonds. The van der Waals surface area contributed by atoms with Crippen molar-refractivity contribution in [2.24, 2.45) is 0 Å². The van der Waals surface area contributed by atoms with Gasteiger partial charge >= 0.3 is 0 Å². The van der Waals surface area contributed by atoms with E-state index in [2.05, 4.69) is 34.1 Å². The molecule has 3 heteroatoms. The van der Waals surface area contributed by atoms with Crippen molar-refractivity contribution >= 4 is 11.6 Å². The Labute approximate surface area is 121 Å². The molecule has 1 saturated heterocycles. The number of carbonyl (C=O) groups excluding carboxylic acids is 1. The summed E-state index contributed by atoms with van der Waals surface area (Å²) >= 11 is 0. The molecule has 1 aromatic carbocycles. The fourth-order valence-corrected chi connectivity index (χ4v) is 3.36. The fourth-order valence-electron chi connectivity index (χ4n) is 3.36. The van der Waals surface area contributed by atoms with E-state index >= 15 is 0 Å². The molecule has 3 rings (SSSR count). The van der Waals surface area contributed by atoms with E-state index in [1.807, 2.05) is 0 Å². The molecule has 0 saturated carbocycles. The minimum absolute atomic E-state index is 0.309. The van der Waals surface area contributed by atoms with E-state index < -0.39 is 0 Å². The topological polar surface area (TPSA) is 23.6 Å². The van der Waals surface area contributed by atoms with Gasteiger partial charge in [-0.15, -0.1) is 0 Å². The lowest BCUT2D eigenvalue weighted by molar-refractivity contribution is -0.129. The third kappa shape index (κ3) is 2.97. The summed E-state index contributed by atoms with van der Waals surface area (Å²) in [6, 6.07) is 8.52. The number of hydrogen-bond donors (Lipinski definition) is 0. The lowest BCUT2D eigenvalue weighted by Gasteiger charge is -2.32. The van der Waals surface area contributed by atoms with Crippen LogP contribution in [0.15, 0.2) is 24.3 Å². The fraction of sp³-hybridized carbons (Fsp3) is 0.588. The zero-order valence-electron chi connectivity index (χ0n) is 12.2. The number of aryl methyl sites for hydroxylation is 1. The molecule has 20 heavy (non-hydrogen) atoms. The molecule has 2 heterocycles. The minimum Gasteiger partial charge on any atom is -0.362 e. The van der Waals surface area contributed by atoms with E-state index in [0.717, 1.165) is 32.5 Å². The predicted octanol–water partition coefficient (Wildman–Crippen LogP) is 2.84. The van der Waals surface area contributed by atoms with Crippen molar-refractivity contribution in [1.29, 1.82) is 0 Å². The van der Waals surface area contributed by atoms with Crippen molar-refractivity contribution in [3.63, 3.8) is 0 Å². The van der Waals surface area contributed by atoms with Crippen molar-refractivity contribution in [3.05, 3.63) is 29.8 Å². The Balaban J connectivity index is 1.67. The van der Waals surface area contributed by atoms with E-state index in [0.29, 0.717) is 12.5 Å². The number of nitrogens with zero attached hydrogens (tertiary/aromatic N) is 2. The van der Waals surface area contributed by atoms with E-state index in [1.54, 1.807) is 0 Å². The molecular weight excluding hydrogens is 248 g/mol. The van der Waals surface area contributed by atoms with Crippen molar-refractivity contribution in [2.45, 2.75) is 38.5 Å². The Morgan fingerprint density at radius 3 is 2.50 bits per heavy atom. The van der Waals surface area contributed by atoms with Crippen LogP contribution in [0.25, 0.3) is 0 Å². The Bertz CT molecular complexity index is 464. The average molecular weight is 272 g/mol. The molecule has 1 fully saturated rings. The van der Waals surface area contributed by atoms with E-state index in [1.165, 1.54) is 36.9 Å². The first-order chi connectivity index (χ1) is 9.84. The summed E-state index contributed by atoms with van der Waals surface area (Å²) < 4.78 is 0. The standard InChI is InChI=1S/C17H24N2O/c20-17(18-11-5-1-2-6-12-18)14-19-13-7-9-15-8-3-4-10-16(15)19/h3-4,8,10H,1-2,5-7,9,11-14H2. The normalized spacial score (nSPS) is 19.4. The van der Waals surface area contributed by atoms with Gasteiger partial charge in [-0.05, 0) is 37.3 Å². The molecule has 0 aromatic heterocycles. The van der Waals surface area contributed by atoms with Gasteiger partial charge in [-0.25, -0.2) is 0 Å². The van der Waals surface area contributed by atoms with Gasteiger partial charge in [0.2, 0.25) is 5.91 Å². The zero-order chi connectivity index (χ0) is 13.8. The van der Waals surface area contributed by atoms with Gasteiger partial charge in [-0.1, -0.05) is 31.0 Å². The first-order valence-corrected chi connectivity index (χ1v) is 7.95. The summed E-state index contributed by atoms with van der Waals surface area (Å²) in [5.41, 5.74) is 2.66. The predicted molar refractivity (Wildman–Crippen MR) is 82.0 cm³/mol. The van der Waals surface area contributed by atoms with Crippen LogP contribution in [0.1, 0.15) is 37.7 Å². The maximum atomic E-state index is 12.5. The van der Waals surface area contributed by atoms with Crippen molar-refractivity contribution in [1.82, 2.24) is 4.90 Å². The zero-order valence-corrected chi connectivity index (χ0v) is 12.2. The van der Waals surface area contributed by atoms with Gasteiger partial charge in [-0.2, -0.15) is 0 Å². The highest BCUT2D eigenvalue weighted by atomic mass is 16.2. The van der Waals surface area contributed by atoms with Crippen LogP contribution in [0, 0.1) is 0 Å². The summed E-state index contributed by atoms with van der Waals surface area (Å²) in [7, 11) is 0. The molecular formula is C17H24N2O. The number of anilines is 1. The van der Waals surface area contributed by atoms with E-state index in [9.17, 15) is 4.79 Å². The summed E-state index contributed by atoms with van der Waals surface area (Å²) in [4.78, 5) is 16.9. The number of benzene rings is 1. The minimum atomic E-state index is 0.309. The quantitative estimate of drug-likeness (QED) is 0.826. The first-order valence-electron chi connectivity index (χ1n) is 7.95. The molecule has 108 valence electrons. The summed E-state index contributed by atoms with van der Waals surface area (Å²) in [5, 5.41) is 0. The second-order valence-electron chi connectivity index (χ2n) is 5.95. The van der Waals surface area contributed by atoms with Crippen LogP contribution in [0.4, 0.5) is 5.69 Å². The summed E-state index contributed by atoms with van der Waals surface area (Å²) in [6.45, 7) is 3.47. The largest absolute Gasteiger partial charge is 0.362 e. The molecule has 2 aliphatic heterocycles. The number of para-hydroxylation sites is 1. The highest BCUT2D eigenvalue weighted by molar-refractivity contribution is 5.82. The van der Waals surface area contributed by atoms with E-state index in [-0.39, 0.29) is 0 Å². The molecule has 0 radical (unpaired) electrons. The molecule has 0 unspecified atom stereocenters. The number of amides is 1. The SMILES string of the molecule is O=C(CN1CCCc2ccccc21)N1CCCCCC1. The molecule has 0 aliphatic carbocycles. The second kappa shape index (κ2) is 6.29. The van der Waals surface area contributed by atoms with Crippen LogP contribution in [-0.4, -0.2) is 37.0 Å². The Morgan fingerprint density at radius 2 is 1.70 bits per heavy atom. The highest BCUT2D eigenvalue weighted by Gasteiger charge is 2.22. The monoisotopic (exact) mass is 272 g/mol. The Morgan fingerprint density at radius 1 is 0.950 bits per heavy atom. The van der Waals surface area contributed by atoms with Gasteiger partial charge in [0.15, 0.2) is 0 Å². The number of carbonyl (C=O) groups is 1. The molecule has 0 N–H and O–H groups in total. The third-order valence-electron chi connectivity index (χ3n) is 4.49. The number of fused-ring (bicyclic) bond motifs is 1.